The highest BCUT2D eigenvalue weighted by atomic mass is 16.6. The van der Waals surface area contributed by atoms with Crippen molar-refractivity contribution in [2.45, 2.75) is 0 Å². The number of ether oxygens (including phenoxy) is 3. The number of carbonyl (C=O) groups excluding carboxylic acids is 1. The van der Waals surface area contributed by atoms with E-state index in [0.717, 1.165) is 0 Å². The first-order chi connectivity index (χ1) is 12.0. The van der Waals surface area contributed by atoms with E-state index >= 15 is 0 Å². The molecule has 0 bridgehead atoms. The van der Waals surface area contributed by atoms with Gasteiger partial charge in [-0.25, -0.2) is 0 Å². The van der Waals surface area contributed by atoms with Gasteiger partial charge in [-0.2, -0.15) is 0 Å². The summed E-state index contributed by atoms with van der Waals surface area (Å²) in [7, 11) is 4.37. The normalized spacial score (nSPS) is 9.56. The summed E-state index contributed by atoms with van der Waals surface area (Å²) < 4.78 is 15.6. The average molecular weight is 341 g/mol. The summed E-state index contributed by atoms with van der Waals surface area (Å²) in [6, 6.07) is 8.63. The zero-order valence-electron chi connectivity index (χ0n) is 13.9. The van der Waals surface area contributed by atoms with Gasteiger partial charge in [0.25, 0.3) is 5.69 Å². The number of benzene rings is 2. The fourth-order valence-electron chi connectivity index (χ4n) is 2.08. The number of rotatable bonds is 5. The van der Waals surface area contributed by atoms with E-state index in [0.29, 0.717) is 22.8 Å². The summed E-state index contributed by atoms with van der Waals surface area (Å²) in [5, 5.41) is 10.6. The fourth-order valence-corrected chi connectivity index (χ4v) is 2.08. The number of nitrogens with zero attached hydrogens (tertiary/aromatic N) is 1. The summed E-state index contributed by atoms with van der Waals surface area (Å²) in [5.41, 5.74) is 0.733. The molecule has 0 aliphatic heterocycles. The van der Waals surface area contributed by atoms with Crippen molar-refractivity contribution in [1.82, 2.24) is 0 Å². The molecule has 0 saturated heterocycles. The Hall–Kier alpha value is -3.53. The number of ketones is 1. The van der Waals surface area contributed by atoms with Gasteiger partial charge in [-0.15, -0.1) is 0 Å². The molecule has 0 fully saturated rings. The summed E-state index contributed by atoms with van der Waals surface area (Å²) in [6.07, 6.45) is 0. The number of methoxy groups -OCH3 is 3. The van der Waals surface area contributed by atoms with Crippen LogP contribution in [-0.4, -0.2) is 32.0 Å². The van der Waals surface area contributed by atoms with Crippen LogP contribution in [0.15, 0.2) is 36.4 Å². The van der Waals surface area contributed by atoms with E-state index in [9.17, 15) is 14.9 Å². The van der Waals surface area contributed by atoms with Crippen LogP contribution in [0.5, 0.6) is 17.2 Å². The molecular formula is C18H15NO6. The molecule has 0 aliphatic carbocycles. The van der Waals surface area contributed by atoms with Gasteiger partial charge in [0.05, 0.1) is 26.3 Å². The van der Waals surface area contributed by atoms with Gasteiger partial charge in [-0.3, -0.25) is 14.9 Å². The van der Waals surface area contributed by atoms with E-state index in [4.69, 9.17) is 14.2 Å². The highest BCUT2D eigenvalue weighted by Crippen LogP contribution is 2.38. The molecular weight excluding hydrogens is 326 g/mol. The predicted octanol–water partition coefficient (Wildman–Crippen LogP) is 2.86. The standard InChI is InChI=1S/C18H15NO6/c1-23-16-10-13(11-17(24-2)18(16)25-3)15(20)9-6-12-4-7-14(8-5-12)19(21)22/h4-5,7-8,10-11H,1-3H3. The number of non-ortho nitro benzene ring substituents is 1. The minimum Gasteiger partial charge on any atom is -0.493 e. The lowest BCUT2D eigenvalue weighted by atomic mass is 10.1. The lowest BCUT2D eigenvalue weighted by Crippen LogP contribution is -2.01. The van der Waals surface area contributed by atoms with Gasteiger partial charge in [0, 0.05) is 23.3 Å². The largest absolute Gasteiger partial charge is 0.493 e. The van der Waals surface area contributed by atoms with Crippen LogP contribution >= 0.6 is 0 Å². The fraction of sp³-hybridized carbons (Fsp3) is 0.167. The summed E-state index contributed by atoms with van der Waals surface area (Å²) in [4.78, 5) is 22.4. The van der Waals surface area contributed by atoms with Gasteiger partial charge in [0.1, 0.15) is 0 Å². The molecule has 0 saturated carbocycles. The second-order valence-electron chi connectivity index (χ2n) is 4.80. The molecule has 0 radical (unpaired) electrons. The Morgan fingerprint density at radius 2 is 1.56 bits per heavy atom. The third-order valence-corrected chi connectivity index (χ3v) is 3.33. The van der Waals surface area contributed by atoms with Crippen molar-refractivity contribution < 1.29 is 23.9 Å². The van der Waals surface area contributed by atoms with Gasteiger partial charge >= 0.3 is 0 Å². The second kappa shape index (κ2) is 7.84. The third kappa shape index (κ3) is 4.06. The van der Waals surface area contributed by atoms with Crippen molar-refractivity contribution in [3.8, 4) is 29.1 Å². The number of Topliss-reactive ketones (excluding diaryl/α,β-unsaturated/α-hetero) is 1. The van der Waals surface area contributed by atoms with E-state index in [1.165, 1.54) is 57.7 Å². The monoisotopic (exact) mass is 341 g/mol. The molecule has 0 amide bonds. The Labute approximate surface area is 144 Å². The van der Waals surface area contributed by atoms with E-state index in [2.05, 4.69) is 11.8 Å². The van der Waals surface area contributed by atoms with Crippen molar-refractivity contribution in [2.24, 2.45) is 0 Å². The quantitative estimate of drug-likeness (QED) is 0.360. The topological polar surface area (TPSA) is 87.9 Å². The smallest absolute Gasteiger partial charge is 0.269 e. The zero-order valence-corrected chi connectivity index (χ0v) is 13.9. The van der Waals surface area contributed by atoms with Crippen molar-refractivity contribution in [3.05, 3.63) is 57.6 Å². The molecule has 25 heavy (non-hydrogen) atoms. The molecule has 2 rings (SSSR count). The van der Waals surface area contributed by atoms with E-state index in [1.807, 2.05) is 0 Å². The molecule has 7 nitrogen and oxygen atoms in total. The number of nitro groups is 1. The van der Waals surface area contributed by atoms with E-state index < -0.39 is 10.7 Å². The summed E-state index contributed by atoms with van der Waals surface area (Å²) in [6.45, 7) is 0. The predicted molar refractivity (Wildman–Crippen MR) is 90.4 cm³/mol. The van der Waals surface area contributed by atoms with Crippen LogP contribution in [0.2, 0.25) is 0 Å². The van der Waals surface area contributed by atoms with Crippen LogP contribution in [0.4, 0.5) is 5.69 Å². The maximum atomic E-state index is 12.3. The van der Waals surface area contributed by atoms with Crippen LogP contribution in [0.1, 0.15) is 15.9 Å². The molecule has 7 heteroatoms. The van der Waals surface area contributed by atoms with E-state index in [1.54, 1.807) is 0 Å². The summed E-state index contributed by atoms with van der Waals surface area (Å²) in [5.74, 6) is 5.80. The van der Waals surface area contributed by atoms with Crippen molar-refractivity contribution in [1.29, 1.82) is 0 Å². The molecule has 0 atom stereocenters. The first-order valence-electron chi connectivity index (χ1n) is 7.11. The van der Waals surface area contributed by atoms with Crippen LogP contribution in [-0.2, 0) is 0 Å². The first-order valence-corrected chi connectivity index (χ1v) is 7.11. The van der Waals surface area contributed by atoms with Gasteiger partial charge < -0.3 is 14.2 Å². The number of carbonyl (C=O) groups is 1. The van der Waals surface area contributed by atoms with Crippen LogP contribution in [0.25, 0.3) is 0 Å². The highest BCUT2D eigenvalue weighted by molar-refractivity contribution is 6.10. The van der Waals surface area contributed by atoms with Crippen molar-refractivity contribution in [3.63, 3.8) is 0 Å². The maximum Gasteiger partial charge on any atom is 0.269 e. The SMILES string of the molecule is COc1cc(C(=O)C#Cc2ccc([N+](=O)[O-])cc2)cc(OC)c1OC. The van der Waals surface area contributed by atoms with Gasteiger partial charge in [0.2, 0.25) is 11.5 Å². The molecule has 0 aliphatic rings. The molecule has 0 N–H and O–H groups in total. The Bertz CT molecular complexity index is 836. The highest BCUT2D eigenvalue weighted by Gasteiger charge is 2.16. The number of nitro benzene ring substituents is 1. The van der Waals surface area contributed by atoms with Crippen LogP contribution in [0, 0.1) is 22.0 Å². The number of hydrogen-bond donors (Lipinski definition) is 0. The van der Waals surface area contributed by atoms with Gasteiger partial charge in [-0.1, -0.05) is 5.92 Å². The average Bonchev–Trinajstić information content (AvgIpc) is 2.64. The lowest BCUT2D eigenvalue weighted by Gasteiger charge is -2.12. The first kappa shape index (κ1) is 17.8. The Morgan fingerprint density at radius 3 is 2.00 bits per heavy atom. The molecule has 0 heterocycles. The van der Waals surface area contributed by atoms with Gasteiger partial charge in [-0.05, 0) is 30.2 Å². The molecule has 128 valence electrons. The van der Waals surface area contributed by atoms with Crippen molar-refractivity contribution >= 4 is 11.5 Å². The molecule has 0 unspecified atom stereocenters. The zero-order chi connectivity index (χ0) is 18.4. The second-order valence-corrected chi connectivity index (χ2v) is 4.80. The Morgan fingerprint density at radius 1 is 1.00 bits per heavy atom. The molecule has 0 aromatic heterocycles. The minimum absolute atomic E-state index is 0.0403. The van der Waals surface area contributed by atoms with Crippen molar-refractivity contribution in [2.75, 3.05) is 21.3 Å². The third-order valence-electron chi connectivity index (χ3n) is 3.33. The van der Waals surface area contributed by atoms with E-state index in [-0.39, 0.29) is 11.3 Å². The molecule has 2 aromatic rings. The number of hydrogen-bond acceptors (Lipinski definition) is 6. The summed E-state index contributed by atoms with van der Waals surface area (Å²) >= 11 is 0. The van der Waals surface area contributed by atoms with Crippen LogP contribution < -0.4 is 14.2 Å². The Balaban J connectivity index is 2.31. The lowest BCUT2D eigenvalue weighted by molar-refractivity contribution is -0.384. The Kier molecular flexibility index (Phi) is 5.58. The van der Waals surface area contributed by atoms with Gasteiger partial charge in [0.15, 0.2) is 11.5 Å². The van der Waals surface area contributed by atoms with Crippen LogP contribution in [0.3, 0.4) is 0 Å². The molecule has 2 aromatic carbocycles. The maximum absolute atomic E-state index is 12.3. The minimum atomic E-state index is -0.502. The molecule has 0 spiro atoms.